The Bertz CT molecular complexity index is 1880. The van der Waals surface area contributed by atoms with Crippen molar-refractivity contribution in [1.29, 1.82) is 0 Å². The van der Waals surface area contributed by atoms with Gasteiger partial charge in [-0.25, -0.2) is 8.78 Å². The minimum Gasteiger partial charge on any atom is -0.508 e. The molecule has 2 aromatic carbocycles. The Balaban J connectivity index is 1.65. The number of nitrogens with zero attached hydrogens (tertiary/aromatic N) is 5. The van der Waals surface area contributed by atoms with Crippen LogP contribution in [0.25, 0.3) is 27.7 Å². The minimum atomic E-state index is -0.963. The van der Waals surface area contributed by atoms with Crippen LogP contribution in [-0.2, 0) is 6.42 Å². The maximum atomic E-state index is 17.8. The molecule has 2 fully saturated rings. The average molecular weight is 688 g/mol. The SMILES string of the molecule is C/C=C1\C(=NC(C)C)C(c2cc(O)cc3ccc(F)c(CC)c23)=C(F)c2nc(OCC3(CCC)CCCN3C)nc(N3CCCC(C)(O)C3)c21. The normalized spacial score (nSPS) is 24.7. The van der Waals surface area contributed by atoms with E-state index in [2.05, 4.69) is 18.9 Å². The number of aromatic hydroxyl groups is 1. The summed E-state index contributed by atoms with van der Waals surface area (Å²) in [7, 11) is 2.12. The number of aliphatic hydroxyl groups is 1. The number of aryl methyl sites for hydroxylation is 1. The van der Waals surface area contributed by atoms with Crippen LogP contribution in [0.3, 0.4) is 0 Å². The van der Waals surface area contributed by atoms with Crippen LogP contribution in [0.5, 0.6) is 11.8 Å². The highest BCUT2D eigenvalue weighted by Crippen LogP contribution is 2.48. The molecule has 1 aliphatic carbocycles. The fourth-order valence-electron chi connectivity index (χ4n) is 8.28. The van der Waals surface area contributed by atoms with Crippen molar-refractivity contribution in [2.45, 2.75) is 104 Å². The Hall–Kier alpha value is -3.89. The zero-order chi connectivity index (χ0) is 36.0. The van der Waals surface area contributed by atoms with Gasteiger partial charge < -0.3 is 19.8 Å². The van der Waals surface area contributed by atoms with Gasteiger partial charge in [0.2, 0.25) is 0 Å². The molecule has 0 saturated carbocycles. The third-order valence-corrected chi connectivity index (χ3v) is 10.6. The number of aliphatic imine (C=N–C) groups is 1. The van der Waals surface area contributed by atoms with Crippen LogP contribution < -0.4 is 9.64 Å². The summed E-state index contributed by atoms with van der Waals surface area (Å²) >= 11 is 0. The second kappa shape index (κ2) is 14.0. The molecular weight excluding hydrogens is 636 g/mol. The summed E-state index contributed by atoms with van der Waals surface area (Å²) in [6.45, 7) is 13.8. The zero-order valence-corrected chi connectivity index (χ0v) is 30.5. The molecule has 0 radical (unpaired) electrons. The maximum absolute atomic E-state index is 17.8. The Labute approximate surface area is 294 Å². The first kappa shape index (κ1) is 35.9. The van der Waals surface area contributed by atoms with Gasteiger partial charge in [-0.3, -0.25) is 9.89 Å². The first-order valence-corrected chi connectivity index (χ1v) is 18.2. The van der Waals surface area contributed by atoms with Crippen molar-refractivity contribution in [2.24, 2.45) is 4.99 Å². The summed E-state index contributed by atoms with van der Waals surface area (Å²) in [6.07, 6.45) is 7.63. The molecule has 0 amide bonds. The quantitative estimate of drug-likeness (QED) is 0.235. The molecule has 2 saturated heterocycles. The fourth-order valence-corrected chi connectivity index (χ4v) is 8.28. The van der Waals surface area contributed by atoms with Crippen molar-refractivity contribution in [2.75, 3.05) is 38.2 Å². The predicted octanol–water partition coefficient (Wildman–Crippen LogP) is 8.14. The number of β-amino-alcohol motifs (C(OH)–C–C–N with tert-alkyl or cyclic N) is 1. The Morgan fingerprint density at radius 2 is 1.86 bits per heavy atom. The lowest BCUT2D eigenvalue weighted by Gasteiger charge is -2.39. The average Bonchev–Trinajstić information content (AvgIpc) is 3.42. The molecule has 3 aromatic rings. The molecular formula is C40H51F2N5O3. The molecule has 2 atom stereocenters. The lowest BCUT2D eigenvalue weighted by Crippen LogP contribution is -2.47. The molecule has 8 nitrogen and oxygen atoms in total. The predicted molar refractivity (Wildman–Crippen MR) is 198 cm³/mol. The van der Waals surface area contributed by atoms with Crippen LogP contribution in [0, 0.1) is 5.82 Å². The van der Waals surface area contributed by atoms with Crippen molar-refractivity contribution >= 4 is 39.3 Å². The van der Waals surface area contributed by atoms with Crippen molar-refractivity contribution in [1.82, 2.24) is 14.9 Å². The monoisotopic (exact) mass is 687 g/mol. The molecule has 2 aliphatic heterocycles. The highest BCUT2D eigenvalue weighted by molar-refractivity contribution is 6.51. The van der Waals surface area contributed by atoms with Crippen molar-refractivity contribution in [3.8, 4) is 11.8 Å². The zero-order valence-electron chi connectivity index (χ0n) is 30.5. The number of ether oxygens (including phenoxy) is 1. The van der Waals surface area contributed by atoms with E-state index in [4.69, 9.17) is 19.7 Å². The summed E-state index contributed by atoms with van der Waals surface area (Å²) in [5.74, 6) is -0.632. The standard InChI is InChI=1S/C40H51F2N5O3/c1-8-15-40(17-12-18-46(40)7)23-50-38-44-36-33(37(45-38)47-19-11-16-39(6,49)22-47)28(10-3)35(43-24(4)5)32(34(36)42)29-21-26(48)20-25-13-14-30(41)27(9-2)31(25)29/h10,13-14,20-21,24,48-49H,8-9,11-12,15-19,22-23H2,1-7H3/b28-10-,43-35?. The van der Waals surface area contributed by atoms with E-state index in [-0.39, 0.29) is 34.6 Å². The van der Waals surface area contributed by atoms with E-state index < -0.39 is 17.2 Å². The van der Waals surface area contributed by atoms with Gasteiger partial charge in [-0.1, -0.05) is 32.4 Å². The molecule has 50 heavy (non-hydrogen) atoms. The van der Waals surface area contributed by atoms with Gasteiger partial charge in [-0.15, -0.1) is 0 Å². The summed E-state index contributed by atoms with van der Waals surface area (Å²) in [5.41, 5.74) is 1.31. The smallest absolute Gasteiger partial charge is 0.319 e. The number of aromatic nitrogens is 2. The maximum Gasteiger partial charge on any atom is 0.319 e. The van der Waals surface area contributed by atoms with Crippen molar-refractivity contribution in [3.05, 3.63) is 58.5 Å². The van der Waals surface area contributed by atoms with Crippen LogP contribution in [0.1, 0.15) is 102 Å². The van der Waals surface area contributed by atoms with Gasteiger partial charge >= 0.3 is 6.01 Å². The molecule has 2 unspecified atom stereocenters. The number of phenolic OH excluding ortho intramolecular Hbond substituents is 1. The van der Waals surface area contributed by atoms with Crippen molar-refractivity contribution in [3.63, 3.8) is 0 Å². The van der Waals surface area contributed by atoms with Gasteiger partial charge in [0.1, 0.15) is 29.7 Å². The van der Waals surface area contributed by atoms with E-state index in [0.717, 1.165) is 38.6 Å². The molecule has 0 spiro atoms. The molecule has 3 heterocycles. The molecule has 3 aliphatic rings. The summed E-state index contributed by atoms with van der Waals surface area (Å²) in [4.78, 5) is 19.1. The summed E-state index contributed by atoms with van der Waals surface area (Å²) in [5, 5.41) is 23.3. The van der Waals surface area contributed by atoms with Gasteiger partial charge in [-0.2, -0.15) is 9.97 Å². The van der Waals surface area contributed by atoms with Crippen molar-refractivity contribution < 1.29 is 23.7 Å². The number of halogens is 2. The van der Waals surface area contributed by atoms with Crippen LogP contribution in [-0.4, -0.2) is 81.3 Å². The largest absolute Gasteiger partial charge is 0.508 e. The van der Waals surface area contributed by atoms with Gasteiger partial charge in [0.25, 0.3) is 0 Å². The van der Waals surface area contributed by atoms with E-state index >= 15 is 8.78 Å². The number of likely N-dealkylation sites (N-methyl/N-ethyl adjacent to an activating group) is 1. The third-order valence-electron chi connectivity index (χ3n) is 10.6. The number of phenols is 1. The number of hydrogen-bond acceptors (Lipinski definition) is 8. The highest BCUT2D eigenvalue weighted by atomic mass is 19.1. The first-order chi connectivity index (χ1) is 23.8. The number of benzene rings is 2. The Morgan fingerprint density at radius 1 is 1.10 bits per heavy atom. The van der Waals surface area contributed by atoms with E-state index in [0.29, 0.717) is 77.1 Å². The summed E-state index contributed by atoms with van der Waals surface area (Å²) in [6, 6.07) is 5.90. The van der Waals surface area contributed by atoms with E-state index in [9.17, 15) is 10.2 Å². The molecule has 6 rings (SSSR count). The number of fused-ring (bicyclic) bond motifs is 2. The lowest BCUT2D eigenvalue weighted by molar-refractivity contribution is 0.0445. The first-order valence-electron chi connectivity index (χ1n) is 18.2. The number of allylic oxidation sites excluding steroid dienone is 3. The molecule has 1 aromatic heterocycles. The van der Waals surface area contributed by atoms with Gasteiger partial charge in [0, 0.05) is 30.3 Å². The van der Waals surface area contributed by atoms with E-state index in [1.165, 1.54) is 12.1 Å². The van der Waals surface area contributed by atoms with Crippen LogP contribution in [0.15, 0.2) is 35.3 Å². The molecule has 2 N–H and O–H groups in total. The number of rotatable bonds is 9. The Kier molecular flexibility index (Phi) is 10.1. The van der Waals surface area contributed by atoms with Crippen LogP contribution in [0.2, 0.25) is 0 Å². The Morgan fingerprint density at radius 3 is 2.50 bits per heavy atom. The molecule has 10 heteroatoms. The number of hydrogen-bond donors (Lipinski definition) is 2. The van der Waals surface area contributed by atoms with E-state index in [1.54, 1.807) is 12.1 Å². The molecule has 268 valence electrons. The van der Waals surface area contributed by atoms with Crippen LogP contribution >= 0.6 is 0 Å². The number of likely N-dealkylation sites (tertiary alicyclic amines) is 1. The minimum absolute atomic E-state index is 0.0521. The van der Waals surface area contributed by atoms with Crippen LogP contribution in [0.4, 0.5) is 14.6 Å². The second-order valence-electron chi connectivity index (χ2n) is 14.8. The third kappa shape index (κ3) is 6.52. The second-order valence-corrected chi connectivity index (χ2v) is 14.8. The van der Waals surface area contributed by atoms with Gasteiger partial charge in [0.15, 0.2) is 5.83 Å². The van der Waals surface area contributed by atoms with E-state index in [1.807, 2.05) is 45.6 Å². The lowest BCUT2D eigenvalue weighted by atomic mass is 9.81. The topological polar surface area (TPSA) is 94.3 Å². The van der Waals surface area contributed by atoms with Gasteiger partial charge in [-0.05, 0) is 120 Å². The van der Waals surface area contributed by atoms with Gasteiger partial charge in [0.05, 0.1) is 22.4 Å². The number of anilines is 1. The summed E-state index contributed by atoms with van der Waals surface area (Å²) < 4.78 is 39.6. The highest BCUT2D eigenvalue weighted by Gasteiger charge is 2.41. The molecule has 0 bridgehead atoms. The fraction of sp³-hybridized carbons (Fsp3) is 0.525. The number of piperidine rings is 1.